The number of halogens is 2. The highest BCUT2D eigenvalue weighted by molar-refractivity contribution is 5.92. The second-order valence-electron chi connectivity index (χ2n) is 6.55. The van der Waals surface area contributed by atoms with Gasteiger partial charge >= 0.3 is 0 Å². The Labute approximate surface area is 163 Å². The first kappa shape index (κ1) is 21.3. The minimum absolute atomic E-state index is 0.0581. The molecule has 0 aliphatic rings. The van der Waals surface area contributed by atoms with Crippen LogP contribution in [0.2, 0.25) is 0 Å². The van der Waals surface area contributed by atoms with E-state index in [1.54, 1.807) is 18.2 Å². The molecule has 7 heteroatoms. The van der Waals surface area contributed by atoms with E-state index in [0.717, 1.165) is 24.1 Å². The van der Waals surface area contributed by atoms with Gasteiger partial charge in [-0.3, -0.25) is 9.59 Å². The Bertz CT molecular complexity index is 842. The smallest absolute Gasteiger partial charge is 0.261 e. The maximum Gasteiger partial charge on any atom is 0.261 e. The number of anilines is 1. The van der Waals surface area contributed by atoms with Crippen molar-refractivity contribution in [3.8, 4) is 5.75 Å². The minimum atomic E-state index is -1.04. The highest BCUT2D eigenvalue weighted by Crippen LogP contribution is 2.17. The summed E-state index contributed by atoms with van der Waals surface area (Å²) in [5.74, 6) is -2.50. The summed E-state index contributed by atoms with van der Waals surface area (Å²) >= 11 is 0. The van der Waals surface area contributed by atoms with Crippen molar-refractivity contribution in [2.75, 3.05) is 5.32 Å². The lowest BCUT2D eigenvalue weighted by molar-refractivity contribution is -0.127. The van der Waals surface area contributed by atoms with Gasteiger partial charge in [0, 0.05) is 24.2 Å². The van der Waals surface area contributed by atoms with Crippen LogP contribution >= 0.6 is 0 Å². The van der Waals surface area contributed by atoms with Crippen molar-refractivity contribution in [3.63, 3.8) is 0 Å². The van der Waals surface area contributed by atoms with Crippen molar-refractivity contribution in [2.45, 2.75) is 39.8 Å². The molecule has 0 aliphatic carbocycles. The number of nitrogens with one attached hydrogen (secondary N) is 2. The summed E-state index contributed by atoms with van der Waals surface area (Å²) in [5, 5.41) is 5.56. The molecule has 2 atom stereocenters. The standard InChI is InChI=1S/C21H24F2N2O3/c1-4-13(2)20(26)25-16-7-5-6-15(10-16)12-24-21(27)14(3)28-17-8-9-18(22)19(23)11-17/h5-11,13-14H,4,12H2,1-3H3,(H,24,27)(H,25,26). The summed E-state index contributed by atoms with van der Waals surface area (Å²) < 4.78 is 31.5. The molecular weight excluding hydrogens is 366 g/mol. The molecule has 5 nitrogen and oxygen atoms in total. The first-order valence-corrected chi connectivity index (χ1v) is 9.09. The van der Waals surface area contributed by atoms with E-state index in [-0.39, 0.29) is 24.1 Å². The Hall–Kier alpha value is -2.96. The number of carbonyl (C=O) groups excluding carboxylic acids is 2. The quantitative estimate of drug-likeness (QED) is 0.715. The minimum Gasteiger partial charge on any atom is -0.481 e. The highest BCUT2D eigenvalue weighted by Gasteiger charge is 2.16. The predicted molar refractivity (Wildman–Crippen MR) is 103 cm³/mol. The summed E-state index contributed by atoms with van der Waals surface area (Å²) in [5.41, 5.74) is 1.46. The molecule has 0 bridgehead atoms. The van der Waals surface area contributed by atoms with Crippen molar-refractivity contribution in [1.29, 1.82) is 0 Å². The lowest BCUT2D eigenvalue weighted by atomic mass is 10.1. The van der Waals surface area contributed by atoms with Crippen LogP contribution in [0.25, 0.3) is 0 Å². The summed E-state index contributed by atoms with van der Waals surface area (Å²) in [7, 11) is 0. The van der Waals surface area contributed by atoms with Gasteiger partial charge in [-0.2, -0.15) is 0 Å². The average molecular weight is 390 g/mol. The third-order valence-electron chi connectivity index (χ3n) is 4.29. The number of amides is 2. The predicted octanol–water partition coefficient (Wildman–Crippen LogP) is 4.03. The molecule has 2 aromatic rings. The van der Waals surface area contributed by atoms with Crippen LogP contribution in [0.3, 0.4) is 0 Å². The molecule has 2 aromatic carbocycles. The van der Waals surface area contributed by atoms with E-state index in [0.29, 0.717) is 5.69 Å². The van der Waals surface area contributed by atoms with Gasteiger partial charge in [-0.15, -0.1) is 0 Å². The van der Waals surface area contributed by atoms with Crippen LogP contribution in [-0.4, -0.2) is 17.9 Å². The van der Waals surface area contributed by atoms with Crippen LogP contribution < -0.4 is 15.4 Å². The number of hydrogen-bond donors (Lipinski definition) is 2. The van der Waals surface area contributed by atoms with Gasteiger partial charge in [-0.25, -0.2) is 8.78 Å². The topological polar surface area (TPSA) is 67.4 Å². The normalized spacial score (nSPS) is 12.8. The van der Waals surface area contributed by atoms with Crippen molar-refractivity contribution >= 4 is 17.5 Å². The molecule has 0 saturated carbocycles. The number of benzene rings is 2. The maximum absolute atomic E-state index is 13.2. The molecule has 150 valence electrons. The SMILES string of the molecule is CCC(C)C(=O)Nc1cccc(CNC(=O)C(C)Oc2ccc(F)c(F)c2)c1. The highest BCUT2D eigenvalue weighted by atomic mass is 19.2. The monoisotopic (exact) mass is 390 g/mol. The van der Waals surface area contributed by atoms with Gasteiger partial charge < -0.3 is 15.4 Å². The van der Waals surface area contributed by atoms with E-state index >= 15 is 0 Å². The van der Waals surface area contributed by atoms with Gasteiger partial charge in [0.2, 0.25) is 5.91 Å². The number of ether oxygens (including phenoxy) is 1. The molecule has 0 heterocycles. The lowest BCUT2D eigenvalue weighted by Crippen LogP contribution is -2.35. The largest absolute Gasteiger partial charge is 0.481 e. The van der Waals surface area contributed by atoms with E-state index in [9.17, 15) is 18.4 Å². The van der Waals surface area contributed by atoms with E-state index in [1.165, 1.54) is 13.0 Å². The van der Waals surface area contributed by atoms with Crippen LogP contribution in [0.15, 0.2) is 42.5 Å². The fraction of sp³-hybridized carbons (Fsp3) is 0.333. The molecule has 2 unspecified atom stereocenters. The molecule has 0 aromatic heterocycles. The second-order valence-corrected chi connectivity index (χ2v) is 6.55. The van der Waals surface area contributed by atoms with E-state index in [4.69, 9.17) is 4.74 Å². The third kappa shape index (κ3) is 6.04. The number of carbonyl (C=O) groups is 2. The molecule has 2 N–H and O–H groups in total. The fourth-order valence-corrected chi connectivity index (χ4v) is 2.35. The van der Waals surface area contributed by atoms with Gasteiger partial charge in [-0.05, 0) is 43.2 Å². The van der Waals surface area contributed by atoms with Crippen molar-refractivity contribution in [2.24, 2.45) is 5.92 Å². The summed E-state index contributed by atoms with van der Waals surface area (Å²) in [6, 6.07) is 10.2. The molecule has 0 fully saturated rings. The van der Waals surface area contributed by atoms with E-state index in [1.807, 2.05) is 19.9 Å². The van der Waals surface area contributed by atoms with Gasteiger partial charge in [0.1, 0.15) is 5.75 Å². The Kier molecular flexibility index (Phi) is 7.49. The molecule has 0 saturated heterocycles. The molecule has 28 heavy (non-hydrogen) atoms. The van der Waals surface area contributed by atoms with E-state index in [2.05, 4.69) is 10.6 Å². The van der Waals surface area contributed by atoms with Crippen LogP contribution in [0.1, 0.15) is 32.8 Å². The van der Waals surface area contributed by atoms with E-state index < -0.39 is 23.6 Å². The Morgan fingerprint density at radius 1 is 1.04 bits per heavy atom. The van der Waals surface area contributed by atoms with Gasteiger partial charge in [0.05, 0.1) is 0 Å². The first-order chi connectivity index (χ1) is 13.3. The summed E-state index contributed by atoms with van der Waals surface area (Å²) in [6.07, 6.45) is -0.143. The van der Waals surface area contributed by atoms with Crippen LogP contribution in [0.5, 0.6) is 5.75 Å². The Morgan fingerprint density at radius 3 is 2.46 bits per heavy atom. The third-order valence-corrected chi connectivity index (χ3v) is 4.29. The molecule has 0 spiro atoms. The van der Waals surface area contributed by atoms with Gasteiger partial charge in [0.25, 0.3) is 5.91 Å². The van der Waals surface area contributed by atoms with Crippen LogP contribution in [-0.2, 0) is 16.1 Å². The van der Waals surface area contributed by atoms with Crippen LogP contribution in [0, 0.1) is 17.6 Å². The molecule has 0 aliphatic heterocycles. The zero-order valence-electron chi connectivity index (χ0n) is 16.1. The lowest BCUT2D eigenvalue weighted by Gasteiger charge is -2.15. The summed E-state index contributed by atoms with van der Waals surface area (Å²) in [4.78, 5) is 24.2. The zero-order chi connectivity index (χ0) is 20.7. The van der Waals surface area contributed by atoms with Gasteiger partial charge in [0.15, 0.2) is 17.7 Å². The Balaban J connectivity index is 1.90. The first-order valence-electron chi connectivity index (χ1n) is 9.09. The molecule has 2 rings (SSSR count). The zero-order valence-corrected chi connectivity index (χ0v) is 16.1. The molecule has 0 radical (unpaired) electrons. The summed E-state index contributed by atoms with van der Waals surface area (Å²) in [6.45, 7) is 5.55. The number of rotatable bonds is 8. The van der Waals surface area contributed by atoms with Crippen molar-refractivity contribution in [1.82, 2.24) is 5.32 Å². The van der Waals surface area contributed by atoms with Crippen LogP contribution in [0.4, 0.5) is 14.5 Å². The molecular formula is C21H24F2N2O3. The van der Waals surface area contributed by atoms with Gasteiger partial charge in [-0.1, -0.05) is 26.0 Å². The number of hydrogen-bond acceptors (Lipinski definition) is 3. The fourth-order valence-electron chi connectivity index (χ4n) is 2.35. The Morgan fingerprint density at radius 2 is 1.79 bits per heavy atom. The second kappa shape index (κ2) is 9.82. The van der Waals surface area contributed by atoms with Crippen molar-refractivity contribution < 1.29 is 23.1 Å². The average Bonchev–Trinajstić information content (AvgIpc) is 2.68. The maximum atomic E-state index is 13.2. The molecule has 2 amide bonds. The van der Waals surface area contributed by atoms with Crippen molar-refractivity contribution in [3.05, 3.63) is 59.7 Å².